The van der Waals surface area contributed by atoms with Crippen LogP contribution in [0.3, 0.4) is 0 Å². The Hall–Kier alpha value is -2.31. The molecule has 0 bridgehead atoms. The van der Waals surface area contributed by atoms with E-state index in [2.05, 4.69) is 5.32 Å². The molecule has 1 aromatic rings. The Morgan fingerprint density at radius 3 is 2.61 bits per heavy atom. The molecule has 0 radical (unpaired) electrons. The first-order valence-electron chi connectivity index (χ1n) is 7.54. The minimum atomic E-state index is -0.778. The zero-order valence-electron chi connectivity index (χ0n) is 12.4. The van der Waals surface area contributed by atoms with Crippen molar-refractivity contribution in [1.29, 1.82) is 0 Å². The minimum absolute atomic E-state index is 0.0323. The SMILES string of the molecule is O=C1CC(N(C(=O)CCc2cc(F)ccc2F)C2CC2)C(=O)N1. The molecule has 0 aromatic heterocycles. The maximum Gasteiger partial charge on any atom is 0.249 e. The van der Waals surface area contributed by atoms with Crippen LogP contribution in [0.25, 0.3) is 0 Å². The van der Waals surface area contributed by atoms with Gasteiger partial charge in [-0.2, -0.15) is 0 Å². The molecule has 0 spiro atoms. The van der Waals surface area contributed by atoms with Crippen LogP contribution in [0.15, 0.2) is 18.2 Å². The summed E-state index contributed by atoms with van der Waals surface area (Å²) >= 11 is 0. The molecule has 1 saturated heterocycles. The summed E-state index contributed by atoms with van der Waals surface area (Å²) in [4.78, 5) is 37.0. The third-order valence-electron chi connectivity index (χ3n) is 4.12. The Balaban J connectivity index is 1.69. The van der Waals surface area contributed by atoms with E-state index in [1.807, 2.05) is 0 Å². The van der Waals surface area contributed by atoms with Crippen LogP contribution < -0.4 is 5.32 Å². The predicted molar refractivity (Wildman–Crippen MR) is 76.1 cm³/mol. The maximum absolute atomic E-state index is 13.6. The summed E-state index contributed by atoms with van der Waals surface area (Å²) in [5, 5.41) is 2.19. The van der Waals surface area contributed by atoms with E-state index in [4.69, 9.17) is 0 Å². The number of hydrogen-bond acceptors (Lipinski definition) is 3. The first kappa shape index (κ1) is 15.6. The van der Waals surface area contributed by atoms with E-state index in [-0.39, 0.29) is 36.8 Å². The van der Waals surface area contributed by atoms with E-state index in [0.29, 0.717) is 0 Å². The first-order valence-corrected chi connectivity index (χ1v) is 7.54. The Labute approximate surface area is 131 Å². The van der Waals surface area contributed by atoms with Crippen molar-refractivity contribution in [3.05, 3.63) is 35.4 Å². The number of halogens is 2. The molecule has 1 aromatic carbocycles. The third-order valence-corrected chi connectivity index (χ3v) is 4.12. The van der Waals surface area contributed by atoms with Gasteiger partial charge in [0.15, 0.2) is 0 Å². The van der Waals surface area contributed by atoms with Crippen LogP contribution in [0.2, 0.25) is 0 Å². The molecule has 122 valence electrons. The minimum Gasteiger partial charge on any atom is -0.327 e. The quantitative estimate of drug-likeness (QED) is 0.831. The van der Waals surface area contributed by atoms with Crippen molar-refractivity contribution in [2.24, 2.45) is 0 Å². The highest BCUT2D eigenvalue weighted by Crippen LogP contribution is 2.31. The van der Waals surface area contributed by atoms with Crippen molar-refractivity contribution < 1.29 is 23.2 Å². The van der Waals surface area contributed by atoms with Crippen LogP contribution in [0.5, 0.6) is 0 Å². The summed E-state index contributed by atoms with van der Waals surface area (Å²) in [5.41, 5.74) is 0.126. The van der Waals surface area contributed by atoms with Gasteiger partial charge in [0, 0.05) is 12.5 Å². The predicted octanol–water partition coefficient (Wildman–Crippen LogP) is 1.30. The molecule has 5 nitrogen and oxygen atoms in total. The van der Waals surface area contributed by atoms with E-state index in [1.165, 1.54) is 4.90 Å². The van der Waals surface area contributed by atoms with E-state index in [1.54, 1.807) is 0 Å². The fourth-order valence-corrected chi connectivity index (χ4v) is 2.85. The van der Waals surface area contributed by atoms with Crippen molar-refractivity contribution in [2.45, 2.75) is 44.2 Å². The number of amides is 3. The zero-order chi connectivity index (χ0) is 16.6. The average Bonchev–Trinajstić information content (AvgIpc) is 3.26. The number of imide groups is 1. The normalized spacial score (nSPS) is 20.5. The second-order valence-corrected chi connectivity index (χ2v) is 5.90. The standard InChI is InChI=1S/C16H16F2N2O3/c17-10-2-5-12(18)9(7-10)1-6-15(22)20(11-3-4-11)13-8-14(21)19-16(13)23/h2,5,7,11,13H,1,3-4,6,8H2,(H,19,21,23). The first-order chi connectivity index (χ1) is 11.0. The molecule has 1 heterocycles. The van der Waals surface area contributed by atoms with Gasteiger partial charge in [-0.3, -0.25) is 19.7 Å². The molecule has 2 fully saturated rings. The zero-order valence-corrected chi connectivity index (χ0v) is 12.4. The van der Waals surface area contributed by atoms with Gasteiger partial charge < -0.3 is 4.90 Å². The molecule has 1 saturated carbocycles. The van der Waals surface area contributed by atoms with Gasteiger partial charge in [0.1, 0.15) is 17.7 Å². The van der Waals surface area contributed by atoms with Crippen molar-refractivity contribution in [1.82, 2.24) is 10.2 Å². The lowest BCUT2D eigenvalue weighted by molar-refractivity contribution is -0.139. The Morgan fingerprint density at radius 1 is 1.26 bits per heavy atom. The highest BCUT2D eigenvalue weighted by atomic mass is 19.1. The van der Waals surface area contributed by atoms with E-state index >= 15 is 0 Å². The molecule has 1 atom stereocenters. The van der Waals surface area contributed by atoms with Gasteiger partial charge in [-0.05, 0) is 43.0 Å². The topological polar surface area (TPSA) is 66.5 Å². The lowest BCUT2D eigenvalue weighted by Gasteiger charge is -2.26. The molecular weight excluding hydrogens is 306 g/mol. The van der Waals surface area contributed by atoms with Crippen LogP contribution in [0.4, 0.5) is 8.78 Å². The summed E-state index contributed by atoms with van der Waals surface area (Å²) in [6, 6.07) is 2.29. The fourth-order valence-electron chi connectivity index (χ4n) is 2.85. The number of benzene rings is 1. The van der Waals surface area contributed by atoms with Crippen molar-refractivity contribution >= 4 is 17.7 Å². The van der Waals surface area contributed by atoms with E-state index in [9.17, 15) is 23.2 Å². The largest absolute Gasteiger partial charge is 0.327 e. The van der Waals surface area contributed by atoms with Crippen LogP contribution in [0, 0.1) is 11.6 Å². The molecular formula is C16H16F2N2O3. The van der Waals surface area contributed by atoms with Crippen LogP contribution in [-0.2, 0) is 20.8 Å². The summed E-state index contributed by atoms with van der Waals surface area (Å²) in [7, 11) is 0. The summed E-state index contributed by atoms with van der Waals surface area (Å²) in [6.45, 7) is 0. The van der Waals surface area contributed by atoms with Gasteiger partial charge in [0.25, 0.3) is 0 Å². The Morgan fingerprint density at radius 2 is 2.00 bits per heavy atom. The van der Waals surface area contributed by atoms with Gasteiger partial charge in [0.05, 0.1) is 6.42 Å². The number of nitrogens with zero attached hydrogens (tertiary/aromatic N) is 1. The molecule has 7 heteroatoms. The second-order valence-electron chi connectivity index (χ2n) is 5.90. The third kappa shape index (κ3) is 3.38. The number of nitrogens with one attached hydrogen (secondary N) is 1. The monoisotopic (exact) mass is 322 g/mol. The lowest BCUT2D eigenvalue weighted by Crippen LogP contribution is -2.46. The average molecular weight is 322 g/mol. The molecule has 1 aliphatic carbocycles. The second kappa shape index (κ2) is 6.06. The van der Waals surface area contributed by atoms with Gasteiger partial charge in [0.2, 0.25) is 17.7 Å². The van der Waals surface area contributed by atoms with E-state index in [0.717, 1.165) is 31.0 Å². The molecule has 2 aliphatic rings. The Kier molecular flexibility index (Phi) is 4.11. The van der Waals surface area contributed by atoms with Crippen molar-refractivity contribution in [2.75, 3.05) is 0 Å². The molecule has 3 amide bonds. The molecule has 1 N–H and O–H groups in total. The van der Waals surface area contributed by atoms with Gasteiger partial charge in [-0.1, -0.05) is 0 Å². The lowest BCUT2D eigenvalue weighted by atomic mass is 10.1. The smallest absolute Gasteiger partial charge is 0.249 e. The highest BCUT2D eigenvalue weighted by molar-refractivity contribution is 6.06. The number of carbonyl (C=O) groups is 3. The van der Waals surface area contributed by atoms with Crippen LogP contribution >= 0.6 is 0 Å². The van der Waals surface area contributed by atoms with Gasteiger partial charge in [-0.25, -0.2) is 8.78 Å². The number of rotatable bonds is 5. The molecule has 23 heavy (non-hydrogen) atoms. The van der Waals surface area contributed by atoms with Crippen LogP contribution in [-0.4, -0.2) is 34.7 Å². The summed E-state index contributed by atoms with van der Waals surface area (Å²) in [5.74, 6) is -2.30. The molecule has 1 unspecified atom stereocenters. The highest BCUT2D eigenvalue weighted by Gasteiger charge is 2.44. The van der Waals surface area contributed by atoms with Gasteiger partial charge >= 0.3 is 0 Å². The van der Waals surface area contributed by atoms with Crippen molar-refractivity contribution in [3.63, 3.8) is 0 Å². The van der Waals surface area contributed by atoms with Crippen LogP contribution in [0.1, 0.15) is 31.2 Å². The Bertz CT molecular complexity index is 673. The van der Waals surface area contributed by atoms with E-state index < -0.39 is 29.5 Å². The van der Waals surface area contributed by atoms with Gasteiger partial charge in [-0.15, -0.1) is 0 Å². The summed E-state index contributed by atoms with van der Waals surface area (Å²) < 4.78 is 26.8. The fraction of sp³-hybridized carbons (Fsp3) is 0.438. The number of carbonyl (C=O) groups excluding carboxylic acids is 3. The number of hydrogen-bond donors (Lipinski definition) is 1. The summed E-state index contributed by atoms with van der Waals surface area (Å²) in [6.07, 6.45) is 1.56. The van der Waals surface area contributed by atoms with Crippen molar-refractivity contribution in [3.8, 4) is 0 Å². The maximum atomic E-state index is 13.6. The molecule has 1 aliphatic heterocycles. The number of aryl methyl sites for hydroxylation is 1. The molecule has 3 rings (SSSR count).